The summed E-state index contributed by atoms with van der Waals surface area (Å²) in [7, 11) is 1.78. The maximum absolute atomic E-state index is 5.05. The molecule has 13 heavy (non-hydrogen) atoms. The lowest BCUT2D eigenvalue weighted by molar-refractivity contribution is 0.183. The Labute approximate surface area is 90.4 Å². The molecule has 1 saturated carbocycles. The first kappa shape index (κ1) is 11.5. The largest absolute Gasteiger partial charge is 0.385 e. The average Bonchev–Trinajstić information content (AvgIpc) is 2.95. The standard InChI is InChI=1S/C11H21BrO/c1-11(9-12,10-5-6-10)7-3-4-8-13-2/h10H,3-9H2,1-2H3. The second kappa shape index (κ2) is 5.35. The first-order valence-electron chi connectivity index (χ1n) is 5.28. The molecule has 0 heterocycles. The van der Waals surface area contributed by atoms with Crippen LogP contribution in [0, 0.1) is 11.3 Å². The van der Waals surface area contributed by atoms with E-state index in [1.54, 1.807) is 7.11 Å². The third kappa shape index (κ3) is 3.59. The average molecular weight is 249 g/mol. The molecule has 78 valence electrons. The van der Waals surface area contributed by atoms with E-state index in [4.69, 9.17) is 4.74 Å². The van der Waals surface area contributed by atoms with Crippen LogP contribution in [0.3, 0.4) is 0 Å². The molecule has 2 heteroatoms. The number of hydrogen-bond donors (Lipinski definition) is 0. The maximum Gasteiger partial charge on any atom is 0.0462 e. The predicted octanol–water partition coefficient (Wildman–Crippen LogP) is 3.61. The lowest BCUT2D eigenvalue weighted by atomic mass is 9.82. The highest BCUT2D eigenvalue weighted by Crippen LogP contribution is 2.49. The molecule has 1 nitrogen and oxygen atoms in total. The second-order valence-corrected chi connectivity index (χ2v) is 5.07. The Balaban J connectivity index is 2.15. The molecule has 0 aromatic heterocycles. The van der Waals surface area contributed by atoms with Gasteiger partial charge in [-0.15, -0.1) is 0 Å². The summed E-state index contributed by atoms with van der Waals surface area (Å²) in [6.07, 6.45) is 6.78. The number of rotatable bonds is 7. The smallest absolute Gasteiger partial charge is 0.0462 e. The molecule has 0 N–H and O–H groups in total. The van der Waals surface area contributed by atoms with Gasteiger partial charge in [0, 0.05) is 19.0 Å². The van der Waals surface area contributed by atoms with Crippen LogP contribution in [0.25, 0.3) is 0 Å². The molecule has 0 saturated heterocycles. The third-order valence-electron chi connectivity index (χ3n) is 3.21. The molecule has 0 aromatic rings. The van der Waals surface area contributed by atoms with Crippen LogP contribution < -0.4 is 0 Å². The highest BCUT2D eigenvalue weighted by molar-refractivity contribution is 9.09. The normalized spacial score (nSPS) is 21.5. The molecule has 1 unspecified atom stereocenters. The van der Waals surface area contributed by atoms with Gasteiger partial charge in [-0.3, -0.25) is 0 Å². The van der Waals surface area contributed by atoms with Crippen LogP contribution in [0.2, 0.25) is 0 Å². The van der Waals surface area contributed by atoms with Gasteiger partial charge >= 0.3 is 0 Å². The van der Waals surface area contributed by atoms with E-state index in [1.165, 1.54) is 32.1 Å². The van der Waals surface area contributed by atoms with Crippen LogP contribution in [0.1, 0.15) is 39.0 Å². The van der Waals surface area contributed by atoms with Crippen LogP contribution in [-0.4, -0.2) is 19.0 Å². The van der Waals surface area contributed by atoms with E-state index in [1.807, 2.05) is 0 Å². The quantitative estimate of drug-likeness (QED) is 0.494. The van der Waals surface area contributed by atoms with Crippen LogP contribution in [-0.2, 0) is 4.74 Å². The van der Waals surface area contributed by atoms with E-state index >= 15 is 0 Å². The summed E-state index contributed by atoms with van der Waals surface area (Å²) < 4.78 is 5.05. The lowest BCUT2D eigenvalue weighted by Gasteiger charge is -2.27. The van der Waals surface area contributed by atoms with Crippen LogP contribution in [0.4, 0.5) is 0 Å². The molecule has 0 amide bonds. The number of methoxy groups -OCH3 is 1. The lowest BCUT2D eigenvalue weighted by Crippen LogP contribution is -2.21. The Bertz CT molecular complexity index is 145. The van der Waals surface area contributed by atoms with Crippen molar-refractivity contribution in [1.29, 1.82) is 0 Å². The first-order chi connectivity index (χ1) is 6.23. The Morgan fingerprint density at radius 1 is 1.38 bits per heavy atom. The van der Waals surface area contributed by atoms with Gasteiger partial charge in [-0.25, -0.2) is 0 Å². The maximum atomic E-state index is 5.05. The molecule has 1 aliphatic rings. The molecule has 1 aliphatic carbocycles. The van der Waals surface area contributed by atoms with Gasteiger partial charge in [0.05, 0.1) is 0 Å². The fraction of sp³-hybridized carbons (Fsp3) is 1.00. The molecular formula is C11H21BrO. The van der Waals surface area contributed by atoms with Crippen molar-refractivity contribution in [2.45, 2.75) is 39.0 Å². The Morgan fingerprint density at radius 3 is 2.54 bits per heavy atom. The Hall–Kier alpha value is 0.440. The van der Waals surface area contributed by atoms with Gasteiger partial charge in [0.2, 0.25) is 0 Å². The molecule has 1 rings (SSSR count). The minimum Gasteiger partial charge on any atom is -0.385 e. The summed E-state index contributed by atoms with van der Waals surface area (Å²) in [6, 6.07) is 0. The summed E-state index contributed by atoms with van der Waals surface area (Å²) in [4.78, 5) is 0. The molecule has 1 fully saturated rings. The monoisotopic (exact) mass is 248 g/mol. The van der Waals surface area contributed by atoms with E-state index in [0.29, 0.717) is 5.41 Å². The van der Waals surface area contributed by atoms with Gasteiger partial charge in [-0.2, -0.15) is 0 Å². The molecule has 0 aromatic carbocycles. The summed E-state index contributed by atoms with van der Waals surface area (Å²) in [6.45, 7) is 3.34. The minimum atomic E-state index is 0.563. The van der Waals surface area contributed by atoms with Gasteiger partial charge in [0.15, 0.2) is 0 Å². The Morgan fingerprint density at radius 2 is 2.08 bits per heavy atom. The van der Waals surface area contributed by atoms with Gasteiger partial charge in [0.25, 0.3) is 0 Å². The van der Waals surface area contributed by atoms with E-state index in [-0.39, 0.29) is 0 Å². The van der Waals surface area contributed by atoms with Crippen LogP contribution in [0.15, 0.2) is 0 Å². The van der Waals surface area contributed by atoms with Crippen LogP contribution >= 0.6 is 15.9 Å². The zero-order chi connectivity index (χ0) is 9.73. The summed E-state index contributed by atoms with van der Waals surface area (Å²) >= 11 is 3.65. The molecular weight excluding hydrogens is 228 g/mol. The zero-order valence-corrected chi connectivity index (χ0v) is 10.4. The van der Waals surface area contributed by atoms with E-state index < -0.39 is 0 Å². The van der Waals surface area contributed by atoms with Crippen molar-refractivity contribution >= 4 is 15.9 Å². The third-order valence-corrected chi connectivity index (χ3v) is 4.50. The van der Waals surface area contributed by atoms with Gasteiger partial charge in [0.1, 0.15) is 0 Å². The number of ether oxygens (including phenoxy) is 1. The van der Waals surface area contributed by atoms with Crippen LogP contribution in [0.5, 0.6) is 0 Å². The van der Waals surface area contributed by atoms with Crippen molar-refractivity contribution < 1.29 is 4.74 Å². The SMILES string of the molecule is COCCCCC(C)(CBr)C1CC1. The van der Waals surface area contributed by atoms with Crippen molar-refractivity contribution in [2.24, 2.45) is 11.3 Å². The van der Waals surface area contributed by atoms with Crippen molar-refractivity contribution in [2.75, 3.05) is 19.0 Å². The summed E-state index contributed by atoms with van der Waals surface area (Å²) in [5, 5.41) is 1.16. The first-order valence-corrected chi connectivity index (χ1v) is 6.40. The Kier molecular flexibility index (Phi) is 4.74. The van der Waals surface area contributed by atoms with E-state index in [0.717, 1.165) is 17.9 Å². The van der Waals surface area contributed by atoms with Gasteiger partial charge in [-0.1, -0.05) is 29.3 Å². The number of halogens is 1. The van der Waals surface area contributed by atoms with Crippen molar-refractivity contribution in [3.8, 4) is 0 Å². The molecule has 0 bridgehead atoms. The highest BCUT2D eigenvalue weighted by Gasteiger charge is 2.39. The van der Waals surface area contributed by atoms with Crippen molar-refractivity contribution in [3.05, 3.63) is 0 Å². The minimum absolute atomic E-state index is 0.563. The van der Waals surface area contributed by atoms with E-state index in [9.17, 15) is 0 Å². The summed E-state index contributed by atoms with van der Waals surface area (Å²) in [5.41, 5.74) is 0.563. The molecule has 0 aliphatic heterocycles. The number of unbranched alkanes of at least 4 members (excludes halogenated alkanes) is 1. The number of hydrogen-bond acceptors (Lipinski definition) is 1. The summed E-state index contributed by atoms with van der Waals surface area (Å²) in [5.74, 6) is 0.995. The topological polar surface area (TPSA) is 9.23 Å². The molecule has 0 spiro atoms. The van der Waals surface area contributed by atoms with Gasteiger partial charge < -0.3 is 4.74 Å². The fourth-order valence-electron chi connectivity index (χ4n) is 1.94. The molecule has 0 radical (unpaired) electrons. The predicted molar refractivity (Wildman–Crippen MR) is 60.4 cm³/mol. The number of alkyl halides is 1. The highest BCUT2D eigenvalue weighted by atomic mass is 79.9. The second-order valence-electron chi connectivity index (χ2n) is 4.51. The zero-order valence-electron chi connectivity index (χ0n) is 8.81. The fourth-order valence-corrected chi connectivity index (χ4v) is 2.67. The van der Waals surface area contributed by atoms with Crippen molar-refractivity contribution in [3.63, 3.8) is 0 Å². The van der Waals surface area contributed by atoms with E-state index in [2.05, 4.69) is 22.9 Å². The van der Waals surface area contributed by atoms with Crippen molar-refractivity contribution in [1.82, 2.24) is 0 Å². The molecule has 1 atom stereocenters. The van der Waals surface area contributed by atoms with Gasteiger partial charge in [-0.05, 0) is 37.0 Å².